The molecule has 128 valence electrons. The smallest absolute Gasteiger partial charge is 0.408 e. The highest BCUT2D eigenvalue weighted by molar-refractivity contribution is 5.82. The molecule has 0 radical (unpaired) electrons. The van der Waals surface area contributed by atoms with Gasteiger partial charge in [-0.2, -0.15) is 0 Å². The van der Waals surface area contributed by atoms with Crippen molar-refractivity contribution in [1.29, 1.82) is 0 Å². The first kappa shape index (κ1) is 18.7. The number of ether oxygens (including phenoxy) is 2. The number of hydrogen-bond acceptors (Lipinski definition) is 5. The lowest BCUT2D eigenvalue weighted by Crippen LogP contribution is -2.51. The molecule has 1 amide bonds. The van der Waals surface area contributed by atoms with E-state index < -0.39 is 35.4 Å². The van der Waals surface area contributed by atoms with Gasteiger partial charge in [0.05, 0.1) is 6.10 Å². The molecule has 1 saturated carbocycles. The van der Waals surface area contributed by atoms with Gasteiger partial charge in [0.1, 0.15) is 17.2 Å². The van der Waals surface area contributed by atoms with Gasteiger partial charge < -0.3 is 19.9 Å². The highest BCUT2D eigenvalue weighted by Crippen LogP contribution is 2.30. The van der Waals surface area contributed by atoms with Gasteiger partial charge in [-0.05, 0) is 54.4 Å². The number of hydrogen-bond donors (Lipinski definition) is 2. The molecule has 0 aliphatic heterocycles. The fourth-order valence-electron chi connectivity index (χ4n) is 2.50. The number of aliphatic hydroxyl groups is 1. The first-order valence-electron chi connectivity index (χ1n) is 7.79. The average Bonchev–Trinajstić information content (AvgIpc) is 2.67. The van der Waals surface area contributed by atoms with Crippen LogP contribution >= 0.6 is 0 Å². The van der Waals surface area contributed by atoms with Crippen molar-refractivity contribution in [3.8, 4) is 0 Å². The summed E-state index contributed by atoms with van der Waals surface area (Å²) in [5, 5.41) is 12.6. The van der Waals surface area contributed by atoms with E-state index in [2.05, 4.69) is 5.32 Å². The molecule has 6 heteroatoms. The molecule has 0 aromatic heterocycles. The summed E-state index contributed by atoms with van der Waals surface area (Å²) >= 11 is 0. The van der Waals surface area contributed by atoms with E-state index in [0.29, 0.717) is 12.8 Å². The van der Waals surface area contributed by atoms with Crippen LogP contribution in [0, 0.1) is 5.92 Å². The minimum atomic E-state index is -0.897. The summed E-state index contributed by atoms with van der Waals surface area (Å²) in [5.74, 6) is -0.883. The summed E-state index contributed by atoms with van der Waals surface area (Å²) in [5.41, 5.74) is -1.31. The molecule has 0 heterocycles. The molecule has 1 aliphatic carbocycles. The van der Waals surface area contributed by atoms with Crippen molar-refractivity contribution in [2.75, 3.05) is 0 Å². The SMILES string of the molecule is CC(C)(C)OC(=O)NC(C(=O)OC(C)(C)C)[C@H]1CCC[C@@H]1O. The number of carbonyl (C=O) groups excluding carboxylic acids is 2. The summed E-state index contributed by atoms with van der Waals surface area (Å²) < 4.78 is 10.6. The Morgan fingerprint density at radius 2 is 1.59 bits per heavy atom. The van der Waals surface area contributed by atoms with E-state index in [9.17, 15) is 14.7 Å². The standard InChI is InChI=1S/C16H29NO5/c1-15(2,3)21-13(19)12(10-8-7-9-11(10)18)17-14(20)22-16(4,5)6/h10-12,18H,7-9H2,1-6H3,(H,17,20)/t10-,11-,12?/m0/s1. The molecule has 6 nitrogen and oxygen atoms in total. The van der Waals surface area contributed by atoms with Crippen molar-refractivity contribution in [2.45, 2.75) is 84.2 Å². The molecule has 1 aliphatic rings. The van der Waals surface area contributed by atoms with Gasteiger partial charge in [-0.15, -0.1) is 0 Å². The Hall–Kier alpha value is -1.30. The van der Waals surface area contributed by atoms with Crippen molar-refractivity contribution in [1.82, 2.24) is 5.32 Å². The zero-order valence-electron chi connectivity index (χ0n) is 14.4. The summed E-state index contributed by atoms with van der Waals surface area (Å²) in [6, 6.07) is -0.897. The third kappa shape index (κ3) is 6.22. The Morgan fingerprint density at radius 3 is 2.00 bits per heavy atom. The van der Waals surface area contributed by atoms with Gasteiger partial charge in [0.2, 0.25) is 0 Å². The lowest BCUT2D eigenvalue weighted by atomic mass is 9.96. The lowest BCUT2D eigenvalue weighted by molar-refractivity contribution is -0.160. The second kappa shape index (κ2) is 6.86. The third-order valence-corrected chi connectivity index (χ3v) is 3.29. The summed E-state index contributed by atoms with van der Waals surface area (Å²) in [6.45, 7) is 10.5. The van der Waals surface area contributed by atoms with Crippen LogP contribution in [0.2, 0.25) is 0 Å². The van der Waals surface area contributed by atoms with Gasteiger partial charge in [-0.25, -0.2) is 9.59 Å². The average molecular weight is 315 g/mol. The molecule has 1 rings (SSSR count). The van der Waals surface area contributed by atoms with Crippen LogP contribution < -0.4 is 5.32 Å². The van der Waals surface area contributed by atoms with Crippen molar-refractivity contribution in [3.05, 3.63) is 0 Å². The summed E-state index contributed by atoms with van der Waals surface area (Å²) in [6.07, 6.45) is 0.817. The first-order chi connectivity index (χ1) is 9.89. The molecule has 0 aromatic rings. The Balaban J connectivity index is 2.82. The maximum atomic E-state index is 12.4. The molecule has 0 spiro atoms. The fourth-order valence-corrected chi connectivity index (χ4v) is 2.50. The maximum Gasteiger partial charge on any atom is 0.408 e. The molecule has 1 unspecified atom stereocenters. The molecule has 1 fully saturated rings. The molecular formula is C16H29NO5. The minimum Gasteiger partial charge on any atom is -0.458 e. The van der Waals surface area contributed by atoms with Crippen molar-refractivity contribution in [3.63, 3.8) is 0 Å². The van der Waals surface area contributed by atoms with E-state index in [1.807, 2.05) is 0 Å². The van der Waals surface area contributed by atoms with E-state index in [4.69, 9.17) is 9.47 Å². The molecule has 0 saturated heterocycles. The number of nitrogens with one attached hydrogen (secondary N) is 1. The third-order valence-electron chi connectivity index (χ3n) is 3.29. The Labute approximate surface area is 132 Å². The highest BCUT2D eigenvalue weighted by atomic mass is 16.6. The van der Waals surface area contributed by atoms with Gasteiger partial charge >= 0.3 is 12.1 Å². The van der Waals surface area contributed by atoms with E-state index in [0.717, 1.165) is 6.42 Å². The summed E-state index contributed by atoms with van der Waals surface area (Å²) in [4.78, 5) is 24.4. The number of rotatable bonds is 3. The number of aliphatic hydroxyl groups excluding tert-OH is 1. The van der Waals surface area contributed by atoms with Crippen LogP contribution in [0.4, 0.5) is 4.79 Å². The van der Waals surface area contributed by atoms with Gasteiger partial charge in [0.15, 0.2) is 0 Å². The number of amides is 1. The van der Waals surface area contributed by atoms with Gasteiger partial charge in [-0.1, -0.05) is 6.42 Å². The maximum absolute atomic E-state index is 12.4. The molecule has 0 aromatic carbocycles. The molecule has 2 N–H and O–H groups in total. The van der Waals surface area contributed by atoms with Crippen LogP contribution in [-0.4, -0.2) is 40.5 Å². The molecule has 22 heavy (non-hydrogen) atoms. The summed E-state index contributed by atoms with van der Waals surface area (Å²) in [7, 11) is 0. The van der Waals surface area contributed by atoms with Crippen LogP contribution in [0.15, 0.2) is 0 Å². The van der Waals surface area contributed by atoms with Crippen molar-refractivity contribution < 1.29 is 24.2 Å². The van der Waals surface area contributed by atoms with Crippen LogP contribution in [0.1, 0.15) is 60.8 Å². The van der Waals surface area contributed by atoms with E-state index in [-0.39, 0.29) is 5.92 Å². The Morgan fingerprint density at radius 1 is 1.05 bits per heavy atom. The predicted octanol–water partition coefficient (Wildman–Crippen LogP) is 2.38. The number of esters is 1. The highest BCUT2D eigenvalue weighted by Gasteiger charge is 2.40. The van der Waals surface area contributed by atoms with E-state index in [1.54, 1.807) is 41.5 Å². The van der Waals surface area contributed by atoms with Gasteiger partial charge in [0, 0.05) is 5.92 Å². The zero-order valence-corrected chi connectivity index (χ0v) is 14.4. The van der Waals surface area contributed by atoms with Crippen LogP contribution in [-0.2, 0) is 14.3 Å². The fraction of sp³-hybridized carbons (Fsp3) is 0.875. The first-order valence-corrected chi connectivity index (χ1v) is 7.79. The largest absolute Gasteiger partial charge is 0.458 e. The number of carbonyl (C=O) groups is 2. The Bertz CT molecular complexity index is 408. The molecular weight excluding hydrogens is 286 g/mol. The lowest BCUT2D eigenvalue weighted by Gasteiger charge is -2.30. The Kier molecular flexibility index (Phi) is 5.84. The number of alkyl carbamates (subject to hydrolysis) is 1. The minimum absolute atomic E-state index is 0.345. The van der Waals surface area contributed by atoms with Gasteiger partial charge in [-0.3, -0.25) is 0 Å². The van der Waals surface area contributed by atoms with Crippen molar-refractivity contribution >= 4 is 12.1 Å². The molecule has 3 atom stereocenters. The monoisotopic (exact) mass is 315 g/mol. The normalized spacial score (nSPS) is 23.8. The van der Waals surface area contributed by atoms with Crippen LogP contribution in [0.5, 0.6) is 0 Å². The quantitative estimate of drug-likeness (QED) is 0.781. The van der Waals surface area contributed by atoms with Crippen LogP contribution in [0.25, 0.3) is 0 Å². The van der Waals surface area contributed by atoms with Gasteiger partial charge in [0.25, 0.3) is 0 Å². The zero-order chi connectivity index (χ0) is 17.1. The second-order valence-corrected chi connectivity index (χ2v) is 7.82. The molecule has 0 bridgehead atoms. The van der Waals surface area contributed by atoms with E-state index in [1.165, 1.54) is 0 Å². The van der Waals surface area contributed by atoms with Crippen LogP contribution in [0.3, 0.4) is 0 Å². The van der Waals surface area contributed by atoms with Crippen molar-refractivity contribution in [2.24, 2.45) is 5.92 Å². The predicted molar refractivity (Wildman–Crippen MR) is 82.4 cm³/mol. The topological polar surface area (TPSA) is 84.9 Å². The second-order valence-electron chi connectivity index (χ2n) is 7.82. The van der Waals surface area contributed by atoms with E-state index >= 15 is 0 Å².